The van der Waals surface area contributed by atoms with Gasteiger partial charge in [-0.1, -0.05) is 0 Å². The van der Waals surface area contributed by atoms with E-state index in [4.69, 9.17) is 0 Å². The van der Waals surface area contributed by atoms with Gasteiger partial charge in [0.25, 0.3) is 0 Å². The van der Waals surface area contributed by atoms with Gasteiger partial charge in [-0.05, 0) is 0 Å². The third-order valence-electron chi connectivity index (χ3n) is 0.477. The first-order valence-electron chi connectivity index (χ1n) is 2.41. The number of carbonyl (C=O) groups excluding carboxylic acids is 2. The second-order valence-corrected chi connectivity index (χ2v) is 2.66. The molecule has 0 bridgehead atoms. The summed E-state index contributed by atoms with van der Waals surface area (Å²) >= 11 is -0.773. The number of carbonyl (C=O) groups is 2. The Morgan fingerprint density at radius 2 is 1.17 bits per heavy atom. The van der Waals surface area contributed by atoms with Crippen LogP contribution in [0.3, 0.4) is 0 Å². The summed E-state index contributed by atoms with van der Waals surface area (Å²) in [7, 11) is 0. The molecule has 0 aliphatic rings. The molecule has 0 aromatic rings. The van der Waals surface area contributed by atoms with Gasteiger partial charge >= 0.3 is 62.5 Å². The molecule has 0 aliphatic heterocycles. The molecular weight excluding hydrogens is 262 g/mol. The molecule has 0 saturated heterocycles. The van der Waals surface area contributed by atoms with Gasteiger partial charge in [0.1, 0.15) is 0 Å². The zero-order valence-electron chi connectivity index (χ0n) is 6.45. The molecule has 0 aromatic heterocycles. The Bertz CT molecular complexity index is 121. The summed E-state index contributed by atoms with van der Waals surface area (Å²) in [6.07, 6.45) is 0. The van der Waals surface area contributed by atoms with Crippen molar-refractivity contribution in [2.75, 3.05) is 0 Å². The second kappa shape index (κ2) is 14.1. The van der Waals surface area contributed by atoms with Gasteiger partial charge in [0.15, 0.2) is 0 Å². The molecule has 0 atom stereocenters. The predicted molar refractivity (Wildman–Crippen MR) is 27.6 cm³/mol. The fourth-order valence-corrected chi connectivity index (χ4v) is 0.855. The maximum absolute atomic E-state index is 10.2. The standard InChI is InChI=1S/2C2H5NO.3ClH.Ti/c2*1-2(3)4;;;;/h2*1H3,(H2,3,4);3*1H;/q;;;;;+5/p-5. The first-order chi connectivity index (χ1) is 4.13. The van der Waals surface area contributed by atoms with E-state index >= 15 is 0 Å². The maximum Gasteiger partial charge on any atom is -1.00 e. The van der Waals surface area contributed by atoms with Gasteiger partial charge in [-0.3, -0.25) is 0 Å². The summed E-state index contributed by atoms with van der Waals surface area (Å²) in [5.74, 6) is -0.187. The van der Waals surface area contributed by atoms with Crippen molar-refractivity contribution < 1.29 is 66.5 Å². The minimum atomic E-state index is -0.773. The summed E-state index contributed by atoms with van der Waals surface area (Å²) < 4.78 is 5.06. The molecule has 0 saturated carbocycles. The fraction of sp³-hybridized carbons (Fsp3) is 0.500. The predicted octanol–water partition coefficient (Wildman–Crippen LogP) is -9.82. The summed E-state index contributed by atoms with van der Waals surface area (Å²) in [5, 5.41) is 0. The van der Waals surface area contributed by atoms with Crippen molar-refractivity contribution in [3.8, 4) is 0 Å². The quantitative estimate of drug-likeness (QED) is 0.490. The number of nitrogens with one attached hydrogen (secondary N) is 2. The Kier molecular flexibility index (Phi) is 26.8. The van der Waals surface area contributed by atoms with Gasteiger partial charge in [-0.15, -0.1) is 0 Å². The van der Waals surface area contributed by atoms with Crippen molar-refractivity contribution in [2.24, 2.45) is 0 Å². The zero-order chi connectivity index (χ0) is 7.28. The molecule has 71 valence electrons. The number of hydrogen-bond donors (Lipinski definition) is 2. The van der Waals surface area contributed by atoms with E-state index in [9.17, 15) is 9.59 Å². The summed E-state index contributed by atoms with van der Waals surface area (Å²) in [6, 6.07) is 0. The Labute approximate surface area is 99.4 Å². The Balaban J connectivity index is -0.000000107. The Hall–Kier alpha value is 0.524. The molecule has 0 rings (SSSR count). The minimum Gasteiger partial charge on any atom is -1.00 e. The van der Waals surface area contributed by atoms with Gasteiger partial charge in [-0.25, -0.2) is 0 Å². The molecule has 12 heavy (non-hydrogen) atoms. The number of hydrogen-bond acceptors (Lipinski definition) is 2. The number of amides is 2. The van der Waals surface area contributed by atoms with E-state index in [1.807, 2.05) is 0 Å². The van der Waals surface area contributed by atoms with Crippen LogP contribution in [0.1, 0.15) is 13.8 Å². The van der Waals surface area contributed by atoms with Crippen LogP contribution in [-0.2, 0) is 29.3 Å². The summed E-state index contributed by atoms with van der Waals surface area (Å²) in [6.45, 7) is 2.84. The largest absolute Gasteiger partial charge is 1.00 e. The molecule has 0 fully saturated rings. The fourth-order valence-electron chi connectivity index (χ4n) is 0.207. The molecule has 4 nitrogen and oxygen atoms in total. The monoisotopic (exact) mass is 269 g/mol. The van der Waals surface area contributed by atoms with Crippen molar-refractivity contribution in [3.63, 3.8) is 0 Å². The van der Waals surface area contributed by atoms with Crippen molar-refractivity contribution in [1.82, 2.24) is 7.60 Å². The third kappa shape index (κ3) is 22.4. The van der Waals surface area contributed by atoms with Gasteiger partial charge in [-0.2, -0.15) is 0 Å². The van der Waals surface area contributed by atoms with Gasteiger partial charge in [0.05, 0.1) is 0 Å². The van der Waals surface area contributed by atoms with Crippen LogP contribution >= 0.6 is 0 Å². The van der Waals surface area contributed by atoms with Crippen molar-refractivity contribution in [3.05, 3.63) is 0 Å². The number of halogens is 3. The van der Waals surface area contributed by atoms with E-state index in [-0.39, 0.29) is 49.0 Å². The zero-order valence-corrected chi connectivity index (χ0v) is 10.3. The molecule has 0 radical (unpaired) electrons. The molecule has 2 N–H and O–H groups in total. The Morgan fingerprint density at radius 3 is 1.33 bits per heavy atom. The first-order valence-corrected chi connectivity index (χ1v) is 3.97. The summed E-state index contributed by atoms with van der Waals surface area (Å²) in [5.41, 5.74) is 0. The molecule has 0 aliphatic carbocycles. The Morgan fingerprint density at radius 1 is 0.917 bits per heavy atom. The molecule has 0 spiro atoms. The molecule has 0 aromatic carbocycles. The van der Waals surface area contributed by atoms with E-state index in [0.29, 0.717) is 0 Å². The van der Waals surface area contributed by atoms with Gasteiger partial charge in [0.2, 0.25) is 0 Å². The van der Waals surface area contributed by atoms with Crippen LogP contribution in [0.2, 0.25) is 0 Å². The van der Waals surface area contributed by atoms with Crippen LogP contribution in [0.5, 0.6) is 0 Å². The van der Waals surface area contributed by atoms with Crippen LogP contribution in [0.25, 0.3) is 0 Å². The molecular formula is C4H8Cl3N2O2Ti. The molecule has 8 heteroatoms. The van der Waals surface area contributed by atoms with Crippen LogP contribution in [0.15, 0.2) is 0 Å². The van der Waals surface area contributed by atoms with Crippen molar-refractivity contribution in [1.29, 1.82) is 0 Å². The summed E-state index contributed by atoms with van der Waals surface area (Å²) in [4.78, 5) is 20.4. The van der Waals surface area contributed by atoms with E-state index in [1.165, 1.54) is 13.8 Å². The third-order valence-corrected chi connectivity index (χ3v) is 1.97. The van der Waals surface area contributed by atoms with Crippen molar-refractivity contribution >= 4 is 11.8 Å². The van der Waals surface area contributed by atoms with E-state index in [2.05, 4.69) is 7.60 Å². The maximum atomic E-state index is 10.2. The molecule has 0 unspecified atom stereocenters. The average molecular weight is 270 g/mol. The van der Waals surface area contributed by atoms with Gasteiger partial charge < -0.3 is 37.2 Å². The van der Waals surface area contributed by atoms with Crippen LogP contribution in [0.4, 0.5) is 0 Å². The number of rotatable bonds is 2. The van der Waals surface area contributed by atoms with Crippen LogP contribution in [0, 0.1) is 0 Å². The molecule has 0 heterocycles. The second-order valence-electron chi connectivity index (χ2n) is 1.49. The topological polar surface area (TPSA) is 58.2 Å². The molecule has 2 amide bonds. The normalized spacial score (nSPS) is 5.50. The average Bonchev–Trinajstić information content (AvgIpc) is 1.63. The van der Waals surface area contributed by atoms with E-state index in [1.54, 1.807) is 0 Å². The smallest absolute Gasteiger partial charge is 1.00 e. The van der Waals surface area contributed by atoms with Crippen LogP contribution < -0.4 is 44.8 Å². The van der Waals surface area contributed by atoms with Crippen LogP contribution in [-0.4, -0.2) is 11.8 Å². The van der Waals surface area contributed by atoms with E-state index < -0.39 is 19.7 Å². The van der Waals surface area contributed by atoms with E-state index in [0.717, 1.165) is 0 Å². The van der Waals surface area contributed by atoms with Gasteiger partial charge in [0, 0.05) is 0 Å². The first kappa shape index (κ1) is 22.9. The SMILES string of the molecule is CC(=O)[NH][Ti+3][NH]C(C)=O.[Cl-].[Cl-].[Cl-]. The minimum absolute atomic E-state index is 0. The van der Waals surface area contributed by atoms with Crippen molar-refractivity contribution in [2.45, 2.75) is 13.8 Å².